The average Bonchev–Trinajstić information content (AvgIpc) is 3.27. The fraction of sp³-hybridized carbons (Fsp3) is 0.158. The van der Waals surface area contributed by atoms with E-state index in [9.17, 15) is 9.18 Å². The molecule has 5 nitrogen and oxygen atoms in total. The van der Waals surface area contributed by atoms with Gasteiger partial charge in [0.05, 0.1) is 10.6 Å². The average molecular weight is 368 g/mol. The molecule has 1 aromatic heterocycles. The molecule has 0 saturated heterocycles. The first kappa shape index (κ1) is 15.3. The monoisotopic (exact) mass is 368 g/mol. The van der Waals surface area contributed by atoms with Gasteiger partial charge in [0.15, 0.2) is 11.5 Å². The summed E-state index contributed by atoms with van der Waals surface area (Å²) < 4.78 is 28.6. The molecule has 0 fully saturated rings. The lowest BCUT2D eigenvalue weighted by atomic mass is 9.89. The molecule has 1 N–H and O–H groups in total. The van der Waals surface area contributed by atoms with Crippen LogP contribution >= 0.6 is 11.5 Å². The summed E-state index contributed by atoms with van der Waals surface area (Å²) in [6.07, 6.45) is 0.345. The van der Waals surface area contributed by atoms with Crippen molar-refractivity contribution >= 4 is 23.1 Å². The molecule has 2 aliphatic heterocycles. The summed E-state index contributed by atoms with van der Waals surface area (Å²) in [6, 6.07) is 11.9. The van der Waals surface area contributed by atoms with Crippen molar-refractivity contribution in [3.63, 3.8) is 0 Å². The van der Waals surface area contributed by atoms with Crippen molar-refractivity contribution < 1.29 is 18.7 Å². The molecule has 26 heavy (non-hydrogen) atoms. The van der Waals surface area contributed by atoms with Crippen molar-refractivity contribution in [2.24, 2.45) is 0 Å². The highest BCUT2D eigenvalue weighted by atomic mass is 32.1. The minimum absolute atomic E-state index is 0.0660. The van der Waals surface area contributed by atoms with E-state index < -0.39 is 0 Å². The maximum absolute atomic E-state index is 13.2. The third kappa shape index (κ3) is 2.43. The highest BCUT2D eigenvalue weighted by Gasteiger charge is 2.32. The number of anilines is 1. The third-order valence-corrected chi connectivity index (χ3v) is 5.56. The molecule has 1 amide bonds. The molecular weight excluding hydrogens is 355 g/mol. The van der Waals surface area contributed by atoms with Crippen molar-refractivity contribution in [1.82, 2.24) is 4.37 Å². The number of carbonyl (C=O) groups is 1. The van der Waals surface area contributed by atoms with E-state index in [1.54, 1.807) is 12.1 Å². The standard InChI is InChI=1S/C19H13FN2O3S/c20-12-4-1-10(2-5-12)17-18-19(26-22-17)13(8-16(23)21-18)11-3-6-14-15(7-11)25-9-24-14/h1-7,13H,8-9H2,(H,21,23)/t13-/m1/s1. The molecule has 0 saturated carbocycles. The second-order valence-corrected chi connectivity index (χ2v) is 7.00. The van der Waals surface area contributed by atoms with Gasteiger partial charge in [-0.25, -0.2) is 4.39 Å². The Hall–Kier alpha value is -2.93. The van der Waals surface area contributed by atoms with Crippen LogP contribution in [0.25, 0.3) is 11.3 Å². The number of aromatic nitrogens is 1. The minimum atomic E-state index is -0.305. The molecule has 5 rings (SSSR count). The fourth-order valence-electron chi connectivity index (χ4n) is 3.33. The highest BCUT2D eigenvalue weighted by molar-refractivity contribution is 7.07. The van der Waals surface area contributed by atoms with Gasteiger partial charge in [0, 0.05) is 17.9 Å². The van der Waals surface area contributed by atoms with E-state index in [1.807, 2.05) is 18.2 Å². The van der Waals surface area contributed by atoms with E-state index >= 15 is 0 Å². The molecule has 0 unspecified atom stereocenters. The Balaban J connectivity index is 1.59. The van der Waals surface area contributed by atoms with Crippen molar-refractivity contribution in [2.45, 2.75) is 12.3 Å². The Kier molecular flexibility index (Phi) is 3.43. The Bertz CT molecular complexity index is 1020. The van der Waals surface area contributed by atoms with Crippen molar-refractivity contribution in [3.05, 3.63) is 58.7 Å². The smallest absolute Gasteiger partial charge is 0.231 e. The van der Waals surface area contributed by atoms with Gasteiger partial charge in [-0.2, -0.15) is 4.37 Å². The number of benzene rings is 2. The van der Waals surface area contributed by atoms with Crippen molar-refractivity contribution in [3.8, 4) is 22.8 Å². The molecule has 0 radical (unpaired) electrons. The number of ether oxygens (including phenoxy) is 2. The molecule has 3 aromatic rings. The molecule has 0 aliphatic carbocycles. The summed E-state index contributed by atoms with van der Waals surface area (Å²) in [5.41, 5.74) is 3.14. The minimum Gasteiger partial charge on any atom is -0.454 e. The Labute approximate surface area is 152 Å². The van der Waals surface area contributed by atoms with E-state index in [2.05, 4.69) is 9.69 Å². The number of nitrogens with one attached hydrogen (secondary N) is 1. The normalized spacial score (nSPS) is 17.7. The van der Waals surface area contributed by atoms with Crippen LogP contribution in [-0.4, -0.2) is 17.1 Å². The third-order valence-electron chi connectivity index (χ3n) is 4.61. The largest absolute Gasteiger partial charge is 0.454 e. The van der Waals surface area contributed by atoms with Gasteiger partial charge >= 0.3 is 0 Å². The zero-order chi connectivity index (χ0) is 17.7. The number of rotatable bonds is 2. The number of hydrogen-bond acceptors (Lipinski definition) is 5. The van der Waals surface area contributed by atoms with Crippen LogP contribution < -0.4 is 14.8 Å². The predicted molar refractivity (Wildman–Crippen MR) is 95.2 cm³/mol. The Morgan fingerprint density at radius 2 is 1.92 bits per heavy atom. The second-order valence-electron chi connectivity index (χ2n) is 6.19. The summed E-state index contributed by atoms with van der Waals surface area (Å²) in [4.78, 5) is 13.3. The Morgan fingerprint density at radius 1 is 1.12 bits per heavy atom. The molecule has 1 atom stereocenters. The molecule has 0 bridgehead atoms. The topological polar surface area (TPSA) is 60.5 Å². The van der Waals surface area contributed by atoms with Crippen LogP contribution in [0.3, 0.4) is 0 Å². The molecule has 7 heteroatoms. The van der Waals surface area contributed by atoms with E-state index in [-0.39, 0.29) is 24.4 Å². The molecule has 0 spiro atoms. The molecule has 2 aromatic carbocycles. The van der Waals surface area contributed by atoms with Gasteiger partial charge in [-0.3, -0.25) is 4.79 Å². The summed E-state index contributed by atoms with van der Waals surface area (Å²) in [5, 5.41) is 2.93. The number of halogens is 1. The van der Waals surface area contributed by atoms with Crippen molar-refractivity contribution in [2.75, 3.05) is 12.1 Å². The molecule has 3 heterocycles. The maximum atomic E-state index is 13.2. The van der Waals surface area contributed by atoms with Crippen LogP contribution in [0.5, 0.6) is 11.5 Å². The summed E-state index contributed by atoms with van der Waals surface area (Å²) >= 11 is 1.36. The number of hydrogen-bond donors (Lipinski definition) is 1. The van der Waals surface area contributed by atoms with Crippen LogP contribution in [0.1, 0.15) is 22.8 Å². The maximum Gasteiger partial charge on any atom is 0.231 e. The number of carbonyl (C=O) groups excluding carboxylic acids is 1. The van der Waals surface area contributed by atoms with E-state index in [0.717, 1.165) is 16.0 Å². The molecule has 2 aliphatic rings. The number of nitrogens with zero attached hydrogens (tertiary/aromatic N) is 1. The van der Waals surface area contributed by atoms with E-state index in [0.29, 0.717) is 29.3 Å². The van der Waals surface area contributed by atoms with Gasteiger partial charge < -0.3 is 14.8 Å². The molecular formula is C19H13FN2O3S. The van der Waals surface area contributed by atoms with Gasteiger partial charge in [-0.15, -0.1) is 0 Å². The quantitative estimate of drug-likeness (QED) is 0.738. The van der Waals surface area contributed by atoms with Crippen LogP contribution in [0.2, 0.25) is 0 Å². The van der Waals surface area contributed by atoms with Crippen LogP contribution in [0, 0.1) is 5.82 Å². The lowest BCUT2D eigenvalue weighted by molar-refractivity contribution is -0.116. The Morgan fingerprint density at radius 3 is 2.77 bits per heavy atom. The fourth-order valence-corrected chi connectivity index (χ4v) is 4.31. The zero-order valence-corrected chi connectivity index (χ0v) is 14.3. The predicted octanol–water partition coefficient (Wildman–Crippen LogP) is 4.15. The molecule has 130 valence electrons. The zero-order valence-electron chi connectivity index (χ0n) is 13.5. The lowest BCUT2D eigenvalue weighted by Gasteiger charge is -2.23. The van der Waals surface area contributed by atoms with Gasteiger partial charge in [0.25, 0.3) is 0 Å². The van der Waals surface area contributed by atoms with Gasteiger partial charge in [0.2, 0.25) is 12.7 Å². The van der Waals surface area contributed by atoms with Crippen LogP contribution in [0.4, 0.5) is 10.1 Å². The van der Waals surface area contributed by atoms with Gasteiger partial charge in [-0.05, 0) is 53.5 Å². The highest BCUT2D eigenvalue weighted by Crippen LogP contribution is 2.46. The van der Waals surface area contributed by atoms with Crippen LogP contribution in [0.15, 0.2) is 42.5 Å². The van der Waals surface area contributed by atoms with E-state index in [1.165, 1.54) is 23.7 Å². The first-order chi connectivity index (χ1) is 12.7. The lowest BCUT2D eigenvalue weighted by Crippen LogP contribution is -2.22. The summed E-state index contributed by atoms with van der Waals surface area (Å²) in [7, 11) is 0. The second kappa shape index (κ2) is 5.81. The first-order valence-electron chi connectivity index (χ1n) is 8.14. The van der Waals surface area contributed by atoms with E-state index in [4.69, 9.17) is 9.47 Å². The van der Waals surface area contributed by atoms with Gasteiger partial charge in [0.1, 0.15) is 11.5 Å². The van der Waals surface area contributed by atoms with Crippen molar-refractivity contribution in [1.29, 1.82) is 0 Å². The first-order valence-corrected chi connectivity index (χ1v) is 8.91. The summed E-state index contributed by atoms with van der Waals surface area (Å²) in [6.45, 7) is 0.213. The summed E-state index contributed by atoms with van der Waals surface area (Å²) in [5.74, 6) is 0.938. The number of fused-ring (bicyclic) bond motifs is 2. The van der Waals surface area contributed by atoms with Gasteiger partial charge in [-0.1, -0.05) is 6.07 Å². The SMILES string of the molecule is O=C1C[C@H](c2ccc3c(c2)OCO3)c2snc(-c3ccc(F)cc3)c2N1. The van der Waals surface area contributed by atoms with Crippen LogP contribution in [-0.2, 0) is 4.79 Å². The number of amides is 1.